The molecule has 0 saturated heterocycles. The van der Waals surface area contributed by atoms with Gasteiger partial charge in [0.25, 0.3) is 0 Å². The quantitative estimate of drug-likeness (QED) is 0.483. The molecule has 0 unspecified atom stereocenters. The first-order valence-corrected chi connectivity index (χ1v) is 7.60. The Morgan fingerprint density at radius 3 is 2.91 bits per heavy atom. The van der Waals surface area contributed by atoms with Gasteiger partial charge in [-0.1, -0.05) is 12.1 Å². The van der Waals surface area contributed by atoms with Crippen LogP contribution in [0.1, 0.15) is 33.5 Å². The number of ether oxygens (including phenoxy) is 1. The fraction of sp³-hybridized carbons (Fsp3) is 0.278. The molecule has 118 valence electrons. The summed E-state index contributed by atoms with van der Waals surface area (Å²) in [4.78, 5) is 23.8. The van der Waals surface area contributed by atoms with Crippen LogP contribution in [0.4, 0.5) is 0 Å². The summed E-state index contributed by atoms with van der Waals surface area (Å²) in [5.74, 6) is -0.716. The Hall–Kier alpha value is -2.69. The molecule has 0 radical (unpaired) electrons. The smallest absolute Gasteiger partial charge is 0.331 e. The summed E-state index contributed by atoms with van der Waals surface area (Å²) in [5, 5.41) is 4.00. The van der Waals surface area contributed by atoms with Crippen molar-refractivity contribution in [2.45, 2.75) is 19.3 Å². The van der Waals surface area contributed by atoms with E-state index >= 15 is 0 Å². The lowest BCUT2D eigenvalue weighted by Gasteiger charge is -2.04. The Balaban J connectivity index is 1.54. The number of nitrogens with zero attached hydrogens (tertiary/aromatic N) is 2. The minimum atomic E-state index is -0.539. The van der Waals surface area contributed by atoms with Gasteiger partial charge in [0.05, 0.1) is 6.20 Å². The van der Waals surface area contributed by atoms with Crippen LogP contribution in [-0.2, 0) is 29.4 Å². The molecule has 1 aromatic carbocycles. The molecule has 0 fully saturated rings. The summed E-state index contributed by atoms with van der Waals surface area (Å²) >= 11 is 0. The van der Waals surface area contributed by atoms with Gasteiger partial charge in [0.2, 0.25) is 0 Å². The number of benzene rings is 1. The highest BCUT2D eigenvalue weighted by Gasteiger charge is 2.14. The maximum absolute atomic E-state index is 12.1. The van der Waals surface area contributed by atoms with Crippen LogP contribution < -0.4 is 0 Å². The number of carbonyl (C=O) groups excluding carboxylic acids is 2. The number of aromatic nitrogens is 2. The van der Waals surface area contributed by atoms with Gasteiger partial charge in [0.1, 0.15) is 0 Å². The van der Waals surface area contributed by atoms with Gasteiger partial charge < -0.3 is 4.74 Å². The van der Waals surface area contributed by atoms with Crippen LogP contribution in [0, 0.1) is 0 Å². The summed E-state index contributed by atoms with van der Waals surface area (Å²) in [6.45, 7) is -0.241. The molecular weight excluding hydrogens is 292 g/mol. The monoisotopic (exact) mass is 310 g/mol. The van der Waals surface area contributed by atoms with Crippen molar-refractivity contribution >= 4 is 17.8 Å². The molecule has 23 heavy (non-hydrogen) atoms. The van der Waals surface area contributed by atoms with Gasteiger partial charge in [0.15, 0.2) is 12.4 Å². The Morgan fingerprint density at radius 1 is 1.30 bits per heavy atom. The zero-order valence-electron chi connectivity index (χ0n) is 13.0. The van der Waals surface area contributed by atoms with Gasteiger partial charge in [-0.05, 0) is 42.5 Å². The average Bonchev–Trinajstić information content (AvgIpc) is 3.18. The Kier molecular flexibility index (Phi) is 4.37. The molecule has 3 rings (SSSR count). The number of aryl methyl sites for hydroxylation is 3. The average molecular weight is 310 g/mol. The normalized spacial score (nSPS) is 13.3. The number of carbonyl (C=O) groups is 2. The number of rotatable bonds is 5. The summed E-state index contributed by atoms with van der Waals surface area (Å²) in [6.07, 6.45) is 9.56. The first kappa shape index (κ1) is 15.2. The van der Waals surface area contributed by atoms with Crippen LogP contribution >= 0.6 is 0 Å². The third kappa shape index (κ3) is 3.74. The maximum atomic E-state index is 12.1. The third-order valence-electron chi connectivity index (χ3n) is 3.90. The standard InChI is InChI=1S/C18H18N2O3/c1-20-11-13(10-19-20)5-8-18(22)23-12-17(21)16-7-6-14-3-2-4-15(14)9-16/h5-11H,2-4,12H2,1H3/b8-5+. The second kappa shape index (κ2) is 6.60. The molecule has 5 nitrogen and oxygen atoms in total. The van der Waals surface area contributed by atoms with Gasteiger partial charge in [-0.25, -0.2) is 4.79 Å². The largest absolute Gasteiger partial charge is 0.454 e. The van der Waals surface area contributed by atoms with Crippen molar-refractivity contribution in [2.24, 2.45) is 7.05 Å². The van der Waals surface area contributed by atoms with Crippen LogP contribution in [0.2, 0.25) is 0 Å². The van der Waals surface area contributed by atoms with Gasteiger partial charge in [-0.15, -0.1) is 0 Å². The number of Topliss-reactive ketones (excluding diaryl/α,β-unsaturated/α-hetero) is 1. The molecule has 1 aliphatic carbocycles. The van der Waals surface area contributed by atoms with E-state index in [1.807, 2.05) is 18.2 Å². The predicted molar refractivity (Wildman–Crippen MR) is 86.0 cm³/mol. The molecule has 0 bridgehead atoms. The SMILES string of the molecule is Cn1cc(/C=C/C(=O)OCC(=O)c2ccc3c(c2)CCC3)cn1. The molecule has 0 N–H and O–H groups in total. The van der Waals surface area contributed by atoms with Crippen LogP contribution in [0.15, 0.2) is 36.7 Å². The molecule has 0 amide bonds. The lowest BCUT2D eigenvalue weighted by molar-refractivity contribution is -0.136. The number of fused-ring (bicyclic) bond motifs is 1. The summed E-state index contributed by atoms with van der Waals surface area (Å²) < 4.78 is 6.64. The number of hydrogen-bond acceptors (Lipinski definition) is 4. The van der Waals surface area contributed by atoms with E-state index in [4.69, 9.17) is 4.74 Å². The van der Waals surface area contributed by atoms with Crippen LogP contribution in [0.3, 0.4) is 0 Å². The highest BCUT2D eigenvalue weighted by molar-refractivity contribution is 5.99. The van der Waals surface area contributed by atoms with E-state index in [9.17, 15) is 9.59 Å². The van der Waals surface area contributed by atoms with E-state index in [2.05, 4.69) is 5.10 Å². The molecule has 1 aromatic heterocycles. The highest BCUT2D eigenvalue weighted by atomic mass is 16.5. The second-order valence-electron chi connectivity index (χ2n) is 5.65. The van der Waals surface area contributed by atoms with Gasteiger partial charge in [-0.2, -0.15) is 5.10 Å². The van der Waals surface area contributed by atoms with Crippen molar-refractivity contribution in [1.82, 2.24) is 9.78 Å². The van der Waals surface area contributed by atoms with Crippen molar-refractivity contribution in [3.8, 4) is 0 Å². The molecule has 1 aliphatic rings. The van der Waals surface area contributed by atoms with E-state index in [0.717, 1.165) is 24.8 Å². The van der Waals surface area contributed by atoms with E-state index < -0.39 is 5.97 Å². The number of ketones is 1. The summed E-state index contributed by atoms with van der Waals surface area (Å²) in [6, 6.07) is 5.73. The first-order valence-electron chi connectivity index (χ1n) is 7.60. The molecular formula is C18H18N2O3. The fourth-order valence-electron chi connectivity index (χ4n) is 2.70. The lowest BCUT2D eigenvalue weighted by atomic mass is 10.0. The second-order valence-corrected chi connectivity index (χ2v) is 5.65. The predicted octanol–water partition coefficient (Wildman–Crippen LogP) is 2.35. The van der Waals surface area contributed by atoms with Crippen molar-refractivity contribution in [3.05, 3.63) is 58.9 Å². The van der Waals surface area contributed by atoms with E-state index in [0.29, 0.717) is 5.56 Å². The number of hydrogen-bond donors (Lipinski definition) is 0. The Morgan fingerprint density at radius 2 is 2.13 bits per heavy atom. The van der Waals surface area contributed by atoms with Gasteiger partial charge >= 0.3 is 5.97 Å². The summed E-state index contributed by atoms with van der Waals surface area (Å²) in [5.41, 5.74) is 3.96. The van der Waals surface area contributed by atoms with Crippen molar-refractivity contribution in [3.63, 3.8) is 0 Å². The highest BCUT2D eigenvalue weighted by Crippen LogP contribution is 2.23. The maximum Gasteiger partial charge on any atom is 0.331 e. The van der Waals surface area contributed by atoms with E-state index in [-0.39, 0.29) is 12.4 Å². The minimum absolute atomic E-state index is 0.178. The van der Waals surface area contributed by atoms with E-state index in [1.54, 1.807) is 30.2 Å². The first-order chi connectivity index (χ1) is 11.1. The van der Waals surface area contributed by atoms with Gasteiger partial charge in [0, 0.05) is 30.4 Å². The summed E-state index contributed by atoms with van der Waals surface area (Å²) in [7, 11) is 1.80. The fourth-order valence-corrected chi connectivity index (χ4v) is 2.70. The molecule has 0 atom stereocenters. The van der Waals surface area contributed by atoms with Crippen LogP contribution in [-0.4, -0.2) is 28.1 Å². The molecule has 0 spiro atoms. The van der Waals surface area contributed by atoms with Crippen molar-refractivity contribution in [2.75, 3.05) is 6.61 Å². The van der Waals surface area contributed by atoms with Crippen molar-refractivity contribution in [1.29, 1.82) is 0 Å². The molecule has 5 heteroatoms. The minimum Gasteiger partial charge on any atom is -0.454 e. The molecule has 1 heterocycles. The number of esters is 1. The Bertz CT molecular complexity index is 774. The third-order valence-corrected chi connectivity index (χ3v) is 3.90. The molecule has 2 aromatic rings. The van der Waals surface area contributed by atoms with Crippen molar-refractivity contribution < 1.29 is 14.3 Å². The van der Waals surface area contributed by atoms with Crippen LogP contribution in [0.25, 0.3) is 6.08 Å². The zero-order valence-corrected chi connectivity index (χ0v) is 13.0. The van der Waals surface area contributed by atoms with Crippen LogP contribution in [0.5, 0.6) is 0 Å². The van der Waals surface area contributed by atoms with Gasteiger partial charge in [-0.3, -0.25) is 9.48 Å². The zero-order chi connectivity index (χ0) is 16.2. The topological polar surface area (TPSA) is 61.2 Å². The lowest BCUT2D eigenvalue weighted by Crippen LogP contribution is -2.12. The molecule has 0 saturated carbocycles. The Labute approximate surface area is 134 Å². The van der Waals surface area contributed by atoms with E-state index in [1.165, 1.54) is 17.2 Å². The molecule has 0 aliphatic heterocycles.